The number of pyridine rings is 1. The maximum atomic E-state index is 13.9. The first-order valence-corrected chi connectivity index (χ1v) is 17.3. The first-order valence-electron chi connectivity index (χ1n) is 15.5. The van der Waals surface area contributed by atoms with E-state index in [0.717, 1.165) is 5.56 Å². The van der Waals surface area contributed by atoms with E-state index in [0.29, 0.717) is 65.6 Å². The predicted molar refractivity (Wildman–Crippen MR) is 177 cm³/mol. The van der Waals surface area contributed by atoms with Crippen LogP contribution in [0.25, 0.3) is 22.2 Å². The number of carbonyl (C=O) groups excluding carboxylic acids is 2. The number of aromatic nitrogens is 2. The lowest BCUT2D eigenvalue weighted by molar-refractivity contribution is -0.139. The number of amides is 2. The summed E-state index contributed by atoms with van der Waals surface area (Å²) in [4.78, 5) is 34.0. The Bertz CT molecular complexity index is 1950. The van der Waals surface area contributed by atoms with Crippen LogP contribution in [-0.4, -0.2) is 88.3 Å². The molecule has 0 bridgehead atoms. The highest BCUT2D eigenvalue weighted by Crippen LogP contribution is 2.44. The van der Waals surface area contributed by atoms with Gasteiger partial charge in [0.25, 0.3) is 15.9 Å². The van der Waals surface area contributed by atoms with Crippen LogP contribution >= 0.6 is 11.6 Å². The number of aliphatic hydroxyl groups is 1. The van der Waals surface area contributed by atoms with Crippen molar-refractivity contribution in [1.29, 1.82) is 0 Å². The van der Waals surface area contributed by atoms with Crippen LogP contribution in [0.15, 0.2) is 65.7 Å². The molecule has 0 saturated carbocycles. The summed E-state index contributed by atoms with van der Waals surface area (Å²) in [6.07, 6.45) is -0.108. The molecule has 11 nitrogen and oxygen atoms in total. The molecule has 0 radical (unpaired) electrons. The molecule has 1 N–H and O–H groups in total. The van der Waals surface area contributed by atoms with Gasteiger partial charge in [0.05, 0.1) is 11.0 Å². The zero-order valence-electron chi connectivity index (χ0n) is 26.6. The van der Waals surface area contributed by atoms with Crippen molar-refractivity contribution in [3.8, 4) is 16.9 Å². The van der Waals surface area contributed by atoms with Crippen molar-refractivity contribution in [2.75, 3.05) is 26.2 Å². The van der Waals surface area contributed by atoms with Crippen molar-refractivity contribution in [1.82, 2.24) is 18.8 Å². The van der Waals surface area contributed by atoms with Gasteiger partial charge in [-0.1, -0.05) is 29.8 Å². The first kappa shape index (κ1) is 32.8. The molecule has 0 aliphatic carbocycles. The maximum Gasteiger partial charge on any atom is 0.410 e. The number of aliphatic hydroxyl groups excluding tert-OH is 1. The molecule has 1 saturated heterocycles. The van der Waals surface area contributed by atoms with Crippen LogP contribution < -0.4 is 4.74 Å². The van der Waals surface area contributed by atoms with Crippen LogP contribution in [-0.2, 0) is 32.4 Å². The number of benzene rings is 2. The molecule has 0 spiro atoms. The molecule has 2 aromatic heterocycles. The quantitative estimate of drug-likeness (QED) is 0.304. The molecule has 4 aromatic rings. The minimum Gasteiger partial charge on any atom is -0.479 e. The highest BCUT2D eigenvalue weighted by atomic mass is 35.5. The average molecular weight is 681 g/mol. The molecule has 2 aliphatic rings. The molecule has 2 atom stereocenters. The van der Waals surface area contributed by atoms with Gasteiger partial charge in [-0.25, -0.2) is 22.2 Å². The Morgan fingerprint density at radius 3 is 2.38 bits per heavy atom. The molecule has 2 unspecified atom stereocenters. The van der Waals surface area contributed by atoms with Gasteiger partial charge in [-0.05, 0) is 69.7 Å². The predicted octanol–water partition coefficient (Wildman–Crippen LogP) is 4.90. The third-order valence-corrected chi connectivity index (χ3v) is 10.1. The molecule has 6 rings (SSSR count). The lowest BCUT2D eigenvalue weighted by atomic mass is 9.99. The smallest absolute Gasteiger partial charge is 0.410 e. The second-order valence-corrected chi connectivity index (χ2v) is 15.1. The Hall–Kier alpha value is -4.13. The molecule has 2 aromatic carbocycles. The zero-order valence-corrected chi connectivity index (χ0v) is 28.2. The highest BCUT2D eigenvalue weighted by molar-refractivity contribution is 7.90. The Balaban J connectivity index is 1.32. The molecule has 2 amide bonds. The summed E-state index contributed by atoms with van der Waals surface area (Å²) in [7, 11) is -4.06. The van der Waals surface area contributed by atoms with E-state index in [2.05, 4.69) is 4.98 Å². The fraction of sp³-hybridized carbons (Fsp3) is 0.382. The van der Waals surface area contributed by atoms with Gasteiger partial charge in [0.15, 0.2) is 11.8 Å². The van der Waals surface area contributed by atoms with E-state index in [-0.39, 0.29) is 22.9 Å². The summed E-state index contributed by atoms with van der Waals surface area (Å²) < 4.78 is 40.8. The van der Waals surface area contributed by atoms with Crippen molar-refractivity contribution in [2.24, 2.45) is 0 Å². The van der Waals surface area contributed by atoms with Gasteiger partial charge in [0.1, 0.15) is 11.4 Å². The molecular formula is C34H37ClN4O7S. The van der Waals surface area contributed by atoms with E-state index in [4.69, 9.17) is 21.1 Å². The van der Waals surface area contributed by atoms with Crippen LogP contribution in [0.2, 0.25) is 5.02 Å². The number of piperazine rings is 1. The Labute approximate surface area is 278 Å². The third kappa shape index (κ3) is 6.54. The van der Waals surface area contributed by atoms with Gasteiger partial charge >= 0.3 is 6.09 Å². The van der Waals surface area contributed by atoms with E-state index in [1.165, 1.54) is 22.3 Å². The number of ether oxygens (including phenoxy) is 2. The van der Waals surface area contributed by atoms with Gasteiger partial charge in [-0.15, -0.1) is 0 Å². The Morgan fingerprint density at radius 1 is 1.04 bits per heavy atom. The third-order valence-electron chi connectivity index (χ3n) is 8.12. The topological polar surface area (TPSA) is 131 Å². The number of carbonyl (C=O) groups is 2. The molecule has 47 heavy (non-hydrogen) atoms. The van der Waals surface area contributed by atoms with Crippen LogP contribution in [0.5, 0.6) is 5.75 Å². The first-order chi connectivity index (χ1) is 22.2. The van der Waals surface area contributed by atoms with E-state index >= 15 is 0 Å². The number of fused-ring (bicyclic) bond motifs is 2. The Morgan fingerprint density at radius 2 is 1.72 bits per heavy atom. The van der Waals surface area contributed by atoms with Crippen LogP contribution in [0.4, 0.5) is 4.79 Å². The summed E-state index contributed by atoms with van der Waals surface area (Å²) in [5.74, 6) is 0.301. The van der Waals surface area contributed by atoms with E-state index in [1.54, 1.807) is 59.2 Å². The summed E-state index contributed by atoms with van der Waals surface area (Å²) in [5, 5.41) is 11.3. The molecule has 248 valence electrons. The summed E-state index contributed by atoms with van der Waals surface area (Å²) in [6, 6.07) is 15.1. The largest absolute Gasteiger partial charge is 0.479 e. The second-order valence-electron chi connectivity index (χ2n) is 12.9. The summed E-state index contributed by atoms with van der Waals surface area (Å²) >= 11 is 6.60. The fourth-order valence-corrected chi connectivity index (χ4v) is 7.84. The summed E-state index contributed by atoms with van der Waals surface area (Å²) in [6.45, 7) is 8.44. The van der Waals surface area contributed by atoms with E-state index in [1.807, 2.05) is 20.8 Å². The SMILES string of the molecule is CC(O)Cc1cc2c(-c3cc(Cl)cc4c3OC(C(=O)N3CCN(C(=O)OC(C)(C)C)CC3)C4)ccnc2n1S(=O)(=O)c1ccccc1. The van der Waals surface area contributed by atoms with Crippen LogP contribution in [0, 0.1) is 0 Å². The zero-order chi connectivity index (χ0) is 33.7. The van der Waals surface area contributed by atoms with Crippen molar-refractivity contribution in [2.45, 2.75) is 63.2 Å². The normalized spacial score (nSPS) is 17.4. The number of rotatable bonds is 6. The lowest BCUT2D eigenvalue weighted by Crippen LogP contribution is -2.54. The van der Waals surface area contributed by atoms with Gasteiger partial charge in [0, 0.05) is 72.4 Å². The standard InChI is InChI=1S/C34H37ClN4O7S/c1-21(40)16-24-20-28-26(10-11-36-31(28)39(24)47(43,44)25-8-6-5-7-9-25)27-19-23(35)17-22-18-29(45-30(22)27)32(41)37-12-14-38(15-13-37)33(42)46-34(2,3)4/h5-11,17,19-21,29,40H,12-16,18H2,1-4H3. The van der Waals surface area contributed by atoms with Gasteiger partial charge in [0.2, 0.25) is 0 Å². The van der Waals surface area contributed by atoms with Crippen LogP contribution in [0.3, 0.4) is 0 Å². The van der Waals surface area contributed by atoms with Gasteiger partial charge in [-0.2, -0.15) is 0 Å². The van der Waals surface area contributed by atoms with Crippen LogP contribution in [0.1, 0.15) is 39.0 Å². The second kappa shape index (κ2) is 12.5. The minimum absolute atomic E-state index is 0.0732. The number of halogens is 1. The average Bonchev–Trinajstić information content (AvgIpc) is 3.61. The van der Waals surface area contributed by atoms with Gasteiger partial charge in [-0.3, -0.25) is 4.79 Å². The van der Waals surface area contributed by atoms with Crippen molar-refractivity contribution in [3.63, 3.8) is 0 Å². The number of nitrogens with zero attached hydrogens (tertiary/aromatic N) is 4. The van der Waals surface area contributed by atoms with E-state index < -0.39 is 33.9 Å². The monoisotopic (exact) mass is 680 g/mol. The minimum atomic E-state index is -4.06. The lowest BCUT2D eigenvalue weighted by Gasteiger charge is -2.36. The fourth-order valence-electron chi connectivity index (χ4n) is 6.07. The van der Waals surface area contributed by atoms with Crippen molar-refractivity contribution >= 4 is 44.7 Å². The van der Waals surface area contributed by atoms with E-state index in [9.17, 15) is 23.1 Å². The maximum absolute atomic E-state index is 13.9. The highest BCUT2D eigenvalue weighted by Gasteiger charge is 2.37. The van der Waals surface area contributed by atoms with Crippen molar-refractivity contribution in [3.05, 3.63) is 77.1 Å². The number of hydrogen-bond donors (Lipinski definition) is 1. The summed E-state index contributed by atoms with van der Waals surface area (Å²) in [5.41, 5.74) is 1.94. The molecule has 2 aliphatic heterocycles. The molecule has 4 heterocycles. The van der Waals surface area contributed by atoms with Crippen molar-refractivity contribution < 1.29 is 32.6 Å². The molecular weight excluding hydrogens is 644 g/mol. The molecule has 13 heteroatoms. The number of hydrogen-bond acceptors (Lipinski definition) is 8. The Kier molecular flexibility index (Phi) is 8.71. The molecule has 1 fully saturated rings. The van der Waals surface area contributed by atoms with Gasteiger partial charge < -0.3 is 24.4 Å².